The van der Waals surface area contributed by atoms with E-state index in [-0.39, 0.29) is 5.56 Å². The SMILES string of the molecule is C[C@@H]1CN(c2n[nH]c(-c3ccn(C)c(=O)c3)n2)CCN1. The van der Waals surface area contributed by atoms with E-state index in [1.54, 1.807) is 19.3 Å². The van der Waals surface area contributed by atoms with Gasteiger partial charge in [-0.25, -0.2) is 0 Å². The van der Waals surface area contributed by atoms with E-state index < -0.39 is 0 Å². The van der Waals surface area contributed by atoms with Gasteiger partial charge in [-0.3, -0.25) is 9.89 Å². The smallest absolute Gasteiger partial charge is 0.250 e. The number of aromatic amines is 1. The number of piperazine rings is 1. The van der Waals surface area contributed by atoms with Crippen LogP contribution in [-0.2, 0) is 7.05 Å². The summed E-state index contributed by atoms with van der Waals surface area (Å²) in [5.74, 6) is 1.32. The molecule has 1 atom stereocenters. The third-order valence-corrected chi connectivity index (χ3v) is 3.50. The Morgan fingerprint density at radius 2 is 2.30 bits per heavy atom. The summed E-state index contributed by atoms with van der Waals surface area (Å²) in [6.07, 6.45) is 1.73. The van der Waals surface area contributed by atoms with Gasteiger partial charge in [-0.05, 0) is 13.0 Å². The second kappa shape index (κ2) is 5.09. The number of rotatable bonds is 2. The number of anilines is 1. The molecule has 7 nitrogen and oxygen atoms in total. The number of nitrogens with one attached hydrogen (secondary N) is 2. The molecule has 0 spiro atoms. The maximum atomic E-state index is 11.6. The van der Waals surface area contributed by atoms with Gasteiger partial charge < -0.3 is 14.8 Å². The van der Waals surface area contributed by atoms with Gasteiger partial charge in [-0.15, -0.1) is 5.10 Å². The Balaban J connectivity index is 1.86. The lowest BCUT2D eigenvalue weighted by Crippen LogP contribution is -2.49. The molecule has 2 aromatic rings. The normalized spacial score (nSPS) is 19.3. The van der Waals surface area contributed by atoms with Gasteiger partial charge >= 0.3 is 0 Å². The molecule has 2 aromatic heterocycles. The number of aromatic nitrogens is 4. The molecule has 0 radical (unpaired) electrons. The van der Waals surface area contributed by atoms with E-state index in [1.807, 2.05) is 6.07 Å². The van der Waals surface area contributed by atoms with Crippen LogP contribution in [0.1, 0.15) is 6.92 Å². The van der Waals surface area contributed by atoms with Crippen LogP contribution in [0.15, 0.2) is 23.1 Å². The maximum Gasteiger partial charge on any atom is 0.250 e. The molecule has 0 unspecified atom stereocenters. The van der Waals surface area contributed by atoms with Gasteiger partial charge in [0.2, 0.25) is 5.95 Å². The van der Waals surface area contributed by atoms with E-state index in [4.69, 9.17) is 0 Å². The third-order valence-electron chi connectivity index (χ3n) is 3.50. The van der Waals surface area contributed by atoms with Gasteiger partial charge in [0.15, 0.2) is 5.82 Å². The first-order valence-corrected chi connectivity index (χ1v) is 6.71. The Bertz CT molecular complexity index is 661. The van der Waals surface area contributed by atoms with Crippen molar-refractivity contribution < 1.29 is 0 Å². The van der Waals surface area contributed by atoms with Gasteiger partial charge in [0, 0.05) is 50.6 Å². The minimum Gasteiger partial charge on any atom is -0.337 e. The topological polar surface area (TPSA) is 78.8 Å². The number of pyridine rings is 1. The van der Waals surface area contributed by atoms with Crippen LogP contribution >= 0.6 is 0 Å². The highest BCUT2D eigenvalue weighted by Gasteiger charge is 2.19. The van der Waals surface area contributed by atoms with Crippen LogP contribution in [0.3, 0.4) is 0 Å². The number of nitrogens with zero attached hydrogens (tertiary/aromatic N) is 4. The second-order valence-electron chi connectivity index (χ2n) is 5.15. The summed E-state index contributed by atoms with van der Waals surface area (Å²) in [6, 6.07) is 3.84. The summed E-state index contributed by atoms with van der Waals surface area (Å²) in [4.78, 5) is 18.3. The lowest BCUT2D eigenvalue weighted by Gasteiger charge is -2.30. The molecule has 0 aliphatic carbocycles. The van der Waals surface area contributed by atoms with Crippen molar-refractivity contribution in [3.05, 3.63) is 28.7 Å². The maximum absolute atomic E-state index is 11.6. The molecule has 0 bridgehead atoms. The minimum atomic E-state index is -0.0590. The number of hydrogen-bond donors (Lipinski definition) is 2. The molecule has 0 aromatic carbocycles. The standard InChI is InChI=1S/C13H18N6O/c1-9-8-19(6-4-14-9)13-15-12(16-17-13)10-3-5-18(2)11(20)7-10/h3,5,7,9,14H,4,6,8H2,1-2H3,(H,15,16,17)/t9-/m1/s1. The fourth-order valence-corrected chi connectivity index (χ4v) is 2.33. The molecule has 0 amide bonds. The Hall–Kier alpha value is -2.15. The zero-order chi connectivity index (χ0) is 14.1. The van der Waals surface area contributed by atoms with Crippen molar-refractivity contribution in [2.24, 2.45) is 7.05 Å². The zero-order valence-corrected chi connectivity index (χ0v) is 11.6. The highest BCUT2D eigenvalue weighted by molar-refractivity contribution is 5.55. The molecule has 106 valence electrons. The number of hydrogen-bond acceptors (Lipinski definition) is 5. The summed E-state index contributed by atoms with van der Waals surface area (Å²) in [6.45, 7) is 4.84. The molecule has 3 rings (SSSR count). The third kappa shape index (κ3) is 2.44. The molecule has 1 aliphatic heterocycles. The van der Waals surface area contributed by atoms with E-state index in [1.165, 1.54) is 4.57 Å². The Morgan fingerprint density at radius 1 is 1.45 bits per heavy atom. The fourth-order valence-electron chi connectivity index (χ4n) is 2.33. The first kappa shape index (κ1) is 12.9. The lowest BCUT2D eigenvalue weighted by atomic mass is 10.2. The van der Waals surface area contributed by atoms with Crippen LogP contribution in [0.4, 0.5) is 5.95 Å². The summed E-state index contributed by atoms with van der Waals surface area (Å²) < 4.78 is 1.53. The van der Waals surface area contributed by atoms with Gasteiger partial charge in [0.05, 0.1) is 0 Å². The van der Waals surface area contributed by atoms with Crippen LogP contribution in [0.2, 0.25) is 0 Å². The first-order chi connectivity index (χ1) is 9.63. The zero-order valence-electron chi connectivity index (χ0n) is 11.6. The predicted octanol–water partition coefficient (Wildman–Crippen LogP) is -0.0315. The van der Waals surface area contributed by atoms with Gasteiger partial charge in [0.1, 0.15) is 0 Å². The number of H-pyrrole nitrogens is 1. The number of aryl methyl sites for hydroxylation is 1. The molecule has 7 heteroatoms. The lowest BCUT2D eigenvalue weighted by molar-refractivity contribution is 0.480. The van der Waals surface area contributed by atoms with Crippen LogP contribution in [0.5, 0.6) is 0 Å². The highest BCUT2D eigenvalue weighted by Crippen LogP contribution is 2.16. The molecule has 20 heavy (non-hydrogen) atoms. The molecular weight excluding hydrogens is 256 g/mol. The molecular formula is C13H18N6O. The Labute approximate surface area is 116 Å². The Morgan fingerprint density at radius 3 is 3.05 bits per heavy atom. The van der Waals surface area contributed by atoms with Crippen LogP contribution < -0.4 is 15.8 Å². The fraction of sp³-hybridized carbons (Fsp3) is 0.462. The highest BCUT2D eigenvalue weighted by atomic mass is 16.1. The van der Waals surface area contributed by atoms with Crippen molar-refractivity contribution in [3.63, 3.8) is 0 Å². The molecule has 1 aliphatic rings. The van der Waals surface area contributed by atoms with Crippen LogP contribution in [0, 0.1) is 0 Å². The van der Waals surface area contributed by atoms with Gasteiger partial charge in [0.25, 0.3) is 5.56 Å². The second-order valence-corrected chi connectivity index (χ2v) is 5.15. The van der Waals surface area contributed by atoms with Crippen molar-refractivity contribution in [1.82, 2.24) is 25.1 Å². The Kier molecular flexibility index (Phi) is 3.27. The van der Waals surface area contributed by atoms with Crippen molar-refractivity contribution in [3.8, 4) is 11.4 Å². The van der Waals surface area contributed by atoms with Gasteiger partial charge in [-0.2, -0.15) is 4.98 Å². The summed E-state index contributed by atoms with van der Waals surface area (Å²) in [5.41, 5.74) is 0.700. The van der Waals surface area contributed by atoms with Crippen LogP contribution in [-0.4, -0.2) is 45.4 Å². The average Bonchev–Trinajstić information content (AvgIpc) is 2.92. The average molecular weight is 274 g/mol. The van der Waals surface area contributed by atoms with Crippen molar-refractivity contribution >= 4 is 5.95 Å². The summed E-state index contributed by atoms with van der Waals surface area (Å²) in [5, 5.41) is 10.5. The largest absolute Gasteiger partial charge is 0.337 e. The molecule has 1 fully saturated rings. The van der Waals surface area contributed by atoms with Crippen LogP contribution in [0.25, 0.3) is 11.4 Å². The molecule has 1 saturated heterocycles. The summed E-state index contributed by atoms with van der Waals surface area (Å²) >= 11 is 0. The van der Waals surface area contributed by atoms with Gasteiger partial charge in [-0.1, -0.05) is 0 Å². The van der Waals surface area contributed by atoms with Crippen molar-refractivity contribution in [1.29, 1.82) is 0 Å². The predicted molar refractivity (Wildman–Crippen MR) is 76.7 cm³/mol. The van der Waals surface area contributed by atoms with E-state index in [0.29, 0.717) is 17.8 Å². The quantitative estimate of drug-likeness (QED) is 0.804. The van der Waals surface area contributed by atoms with E-state index in [9.17, 15) is 4.79 Å². The summed E-state index contributed by atoms with van der Waals surface area (Å²) in [7, 11) is 1.72. The monoisotopic (exact) mass is 274 g/mol. The first-order valence-electron chi connectivity index (χ1n) is 6.71. The molecule has 3 heterocycles. The molecule has 2 N–H and O–H groups in total. The minimum absolute atomic E-state index is 0.0590. The van der Waals surface area contributed by atoms with E-state index >= 15 is 0 Å². The van der Waals surface area contributed by atoms with E-state index in [2.05, 4.69) is 32.3 Å². The van der Waals surface area contributed by atoms with E-state index in [0.717, 1.165) is 25.2 Å². The van der Waals surface area contributed by atoms with Crippen molar-refractivity contribution in [2.45, 2.75) is 13.0 Å². The molecule has 0 saturated carbocycles. The van der Waals surface area contributed by atoms with Crippen molar-refractivity contribution in [2.75, 3.05) is 24.5 Å².